The number of aromatic nitrogens is 4. The van der Waals surface area contributed by atoms with Crippen LogP contribution in [0.2, 0.25) is 5.02 Å². The average Bonchev–Trinajstić information content (AvgIpc) is 2.70. The molecule has 2 heterocycles. The van der Waals surface area contributed by atoms with Crippen LogP contribution in [0.3, 0.4) is 0 Å². The van der Waals surface area contributed by atoms with E-state index in [-0.39, 0.29) is 0 Å². The molecule has 0 spiro atoms. The molecule has 1 aliphatic heterocycles. The van der Waals surface area contributed by atoms with Crippen LogP contribution in [0.4, 0.5) is 0 Å². The second-order valence-electron chi connectivity index (χ2n) is 4.65. The van der Waals surface area contributed by atoms with Crippen molar-refractivity contribution in [2.24, 2.45) is 0 Å². The lowest BCUT2D eigenvalue weighted by atomic mass is 10.1. The standard InChI is InChI=1S/C13H15ClN4O2/c1-9-15-16-17-18(9)4-3-10-7-11(14)13-12(8-10)19-5-2-6-20-13/h7-8H,2-6H2,1H3. The summed E-state index contributed by atoms with van der Waals surface area (Å²) in [6.45, 7) is 3.87. The summed E-state index contributed by atoms with van der Waals surface area (Å²) in [5.41, 5.74) is 1.08. The predicted molar refractivity (Wildman–Crippen MR) is 73.3 cm³/mol. The molecule has 3 rings (SSSR count). The van der Waals surface area contributed by atoms with Crippen LogP contribution >= 0.6 is 11.6 Å². The summed E-state index contributed by atoms with van der Waals surface area (Å²) in [4.78, 5) is 0. The molecule has 7 heteroatoms. The number of hydrogen-bond donors (Lipinski definition) is 0. The molecule has 0 saturated carbocycles. The van der Waals surface area contributed by atoms with Gasteiger partial charge in [0.15, 0.2) is 11.5 Å². The van der Waals surface area contributed by atoms with Crippen molar-refractivity contribution in [3.63, 3.8) is 0 Å². The average molecular weight is 295 g/mol. The first kappa shape index (κ1) is 13.2. The van der Waals surface area contributed by atoms with E-state index >= 15 is 0 Å². The summed E-state index contributed by atoms with van der Waals surface area (Å²) in [7, 11) is 0. The van der Waals surface area contributed by atoms with E-state index in [1.165, 1.54) is 0 Å². The number of tetrazole rings is 1. The maximum Gasteiger partial charge on any atom is 0.179 e. The van der Waals surface area contributed by atoms with Gasteiger partial charge in [-0.15, -0.1) is 5.10 Å². The topological polar surface area (TPSA) is 62.1 Å². The van der Waals surface area contributed by atoms with E-state index in [0.717, 1.165) is 30.0 Å². The van der Waals surface area contributed by atoms with Gasteiger partial charge in [-0.2, -0.15) is 0 Å². The fourth-order valence-electron chi connectivity index (χ4n) is 2.12. The third-order valence-corrected chi connectivity index (χ3v) is 3.47. The van der Waals surface area contributed by atoms with Crippen molar-refractivity contribution >= 4 is 11.6 Å². The Morgan fingerprint density at radius 1 is 1.30 bits per heavy atom. The van der Waals surface area contributed by atoms with Crippen LogP contribution in [0.25, 0.3) is 0 Å². The molecule has 0 N–H and O–H groups in total. The summed E-state index contributed by atoms with van der Waals surface area (Å²) in [5.74, 6) is 2.16. The van der Waals surface area contributed by atoms with Crippen LogP contribution in [0.1, 0.15) is 17.8 Å². The number of ether oxygens (including phenoxy) is 2. The summed E-state index contributed by atoms with van der Waals surface area (Å²) >= 11 is 6.26. The van der Waals surface area contributed by atoms with Gasteiger partial charge in [0.05, 0.1) is 18.2 Å². The van der Waals surface area contributed by atoms with Crippen molar-refractivity contribution in [2.45, 2.75) is 26.3 Å². The van der Waals surface area contributed by atoms with Gasteiger partial charge in [-0.25, -0.2) is 4.68 Å². The Kier molecular flexibility index (Phi) is 3.73. The molecule has 2 aromatic rings. The number of fused-ring (bicyclic) bond motifs is 1. The van der Waals surface area contributed by atoms with Crippen LogP contribution in [0.5, 0.6) is 11.5 Å². The van der Waals surface area contributed by atoms with E-state index in [9.17, 15) is 0 Å². The van der Waals surface area contributed by atoms with Gasteiger partial charge >= 0.3 is 0 Å². The quantitative estimate of drug-likeness (QED) is 0.867. The Morgan fingerprint density at radius 3 is 2.95 bits per heavy atom. The Balaban J connectivity index is 1.79. The highest BCUT2D eigenvalue weighted by Gasteiger charge is 2.15. The van der Waals surface area contributed by atoms with Gasteiger partial charge in [0.25, 0.3) is 0 Å². The van der Waals surface area contributed by atoms with Crippen LogP contribution in [0, 0.1) is 6.92 Å². The third-order valence-electron chi connectivity index (χ3n) is 3.19. The van der Waals surface area contributed by atoms with Crippen molar-refractivity contribution in [1.82, 2.24) is 20.2 Å². The maximum atomic E-state index is 6.26. The lowest BCUT2D eigenvalue weighted by Gasteiger charge is -2.11. The first-order valence-corrected chi connectivity index (χ1v) is 6.92. The highest BCUT2D eigenvalue weighted by molar-refractivity contribution is 6.32. The Labute approximate surface area is 121 Å². The van der Waals surface area contributed by atoms with Crippen LogP contribution in [-0.4, -0.2) is 33.4 Å². The number of halogens is 1. The SMILES string of the molecule is Cc1nnnn1CCc1cc(Cl)c2c(c1)OCCCO2. The van der Waals surface area contributed by atoms with E-state index in [1.54, 1.807) is 4.68 Å². The van der Waals surface area contributed by atoms with Gasteiger partial charge in [0.2, 0.25) is 0 Å². The molecule has 6 nitrogen and oxygen atoms in total. The number of hydrogen-bond acceptors (Lipinski definition) is 5. The van der Waals surface area contributed by atoms with Gasteiger partial charge < -0.3 is 9.47 Å². The van der Waals surface area contributed by atoms with Crippen LogP contribution < -0.4 is 9.47 Å². The molecule has 0 aliphatic carbocycles. The lowest BCUT2D eigenvalue weighted by Crippen LogP contribution is -2.06. The van der Waals surface area contributed by atoms with Crippen molar-refractivity contribution in [3.8, 4) is 11.5 Å². The summed E-state index contributed by atoms with van der Waals surface area (Å²) in [5, 5.41) is 12.0. The minimum absolute atomic E-state index is 0.591. The maximum absolute atomic E-state index is 6.26. The zero-order valence-corrected chi connectivity index (χ0v) is 11.9. The largest absolute Gasteiger partial charge is 0.489 e. The van der Waals surface area contributed by atoms with Gasteiger partial charge in [-0.05, 0) is 41.5 Å². The zero-order valence-electron chi connectivity index (χ0n) is 11.2. The monoisotopic (exact) mass is 294 g/mol. The summed E-state index contributed by atoms with van der Waals surface area (Å²) in [6.07, 6.45) is 1.65. The number of aryl methyl sites for hydroxylation is 3. The minimum atomic E-state index is 0.591. The van der Waals surface area contributed by atoms with Gasteiger partial charge in [-0.1, -0.05) is 11.6 Å². The first-order valence-electron chi connectivity index (χ1n) is 6.55. The number of rotatable bonds is 3. The van der Waals surface area contributed by atoms with Crippen molar-refractivity contribution in [2.75, 3.05) is 13.2 Å². The zero-order chi connectivity index (χ0) is 13.9. The molecular formula is C13H15ClN4O2. The highest BCUT2D eigenvalue weighted by Crippen LogP contribution is 2.38. The van der Waals surface area contributed by atoms with Crippen molar-refractivity contribution in [3.05, 3.63) is 28.5 Å². The molecular weight excluding hydrogens is 280 g/mol. The molecule has 0 saturated heterocycles. The molecule has 0 atom stereocenters. The van der Waals surface area contributed by atoms with Gasteiger partial charge in [0, 0.05) is 13.0 Å². The highest BCUT2D eigenvalue weighted by atomic mass is 35.5. The molecule has 0 unspecified atom stereocenters. The van der Waals surface area contributed by atoms with Crippen molar-refractivity contribution < 1.29 is 9.47 Å². The normalized spacial score (nSPS) is 14.1. The van der Waals surface area contributed by atoms with Crippen LogP contribution in [-0.2, 0) is 13.0 Å². The summed E-state index contributed by atoms with van der Waals surface area (Å²) in [6, 6.07) is 3.89. The second-order valence-corrected chi connectivity index (χ2v) is 5.06. The van der Waals surface area contributed by atoms with E-state index in [2.05, 4.69) is 15.5 Å². The van der Waals surface area contributed by atoms with E-state index in [4.69, 9.17) is 21.1 Å². The fraction of sp³-hybridized carbons (Fsp3) is 0.462. The minimum Gasteiger partial charge on any atom is -0.489 e. The molecule has 106 valence electrons. The van der Waals surface area contributed by atoms with Crippen molar-refractivity contribution in [1.29, 1.82) is 0 Å². The molecule has 1 aliphatic rings. The Bertz CT molecular complexity index is 614. The molecule has 0 fully saturated rings. The van der Waals surface area contributed by atoms with E-state index in [0.29, 0.717) is 30.5 Å². The van der Waals surface area contributed by atoms with Crippen LogP contribution in [0.15, 0.2) is 12.1 Å². The third kappa shape index (κ3) is 2.70. The smallest absolute Gasteiger partial charge is 0.179 e. The fourth-order valence-corrected chi connectivity index (χ4v) is 2.41. The second kappa shape index (κ2) is 5.66. The molecule has 0 bridgehead atoms. The van der Waals surface area contributed by atoms with Gasteiger partial charge in [-0.3, -0.25) is 0 Å². The first-order chi connectivity index (χ1) is 9.74. The molecule has 20 heavy (non-hydrogen) atoms. The predicted octanol–water partition coefficient (Wildman–Crippen LogP) is 2.04. The Morgan fingerprint density at radius 2 is 2.15 bits per heavy atom. The molecule has 0 radical (unpaired) electrons. The lowest BCUT2D eigenvalue weighted by molar-refractivity contribution is 0.297. The van der Waals surface area contributed by atoms with Gasteiger partial charge in [0.1, 0.15) is 5.82 Å². The number of nitrogens with zero attached hydrogens (tertiary/aromatic N) is 4. The molecule has 1 aromatic heterocycles. The van der Waals surface area contributed by atoms with E-state index < -0.39 is 0 Å². The number of benzene rings is 1. The molecule has 1 aromatic carbocycles. The molecule has 0 amide bonds. The summed E-state index contributed by atoms with van der Waals surface area (Å²) < 4.78 is 13.0. The van der Waals surface area contributed by atoms with E-state index in [1.807, 2.05) is 19.1 Å². The Hall–Kier alpha value is -1.82.